The summed E-state index contributed by atoms with van der Waals surface area (Å²) in [6, 6.07) is 5.40. The van der Waals surface area contributed by atoms with Gasteiger partial charge in [-0.25, -0.2) is 13.8 Å². The maximum absolute atomic E-state index is 16.2. The van der Waals surface area contributed by atoms with E-state index in [0.29, 0.717) is 29.1 Å². The fourth-order valence-electron chi connectivity index (χ4n) is 6.91. The number of nitrogens with zero attached hydrogens (tertiary/aromatic N) is 6. The van der Waals surface area contributed by atoms with Crippen LogP contribution in [0.15, 0.2) is 54.0 Å². The van der Waals surface area contributed by atoms with Gasteiger partial charge in [0.25, 0.3) is 11.5 Å². The van der Waals surface area contributed by atoms with Crippen LogP contribution in [0, 0.1) is 18.6 Å². The van der Waals surface area contributed by atoms with Crippen molar-refractivity contribution in [3.05, 3.63) is 82.4 Å². The van der Waals surface area contributed by atoms with Crippen molar-refractivity contribution in [3.63, 3.8) is 0 Å². The molecule has 10 nitrogen and oxygen atoms in total. The number of aromatic hydroxyl groups is 1. The normalized spacial score (nSPS) is 19.3. The molecule has 236 valence electrons. The van der Waals surface area contributed by atoms with Gasteiger partial charge >= 0.3 is 0 Å². The number of phenols is 1. The van der Waals surface area contributed by atoms with Gasteiger partial charge in [0.05, 0.1) is 29.2 Å². The minimum Gasteiger partial charge on any atom is -0.507 e. The molecule has 46 heavy (non-hydrogen) atoms. The van der Waals surface area contributed by atoms with Crippen LogP contribution in [0.4, 0.5) is 20.2 Å². The molecule has 3 aliphatic rings. The largest absolute Gasteiger partial charge is 0.507 e. The molecule has 1 aliphatic carbocycles. The Hall–Kier alpha value is -5.13. The lowest BCUT2D eigenvalue weighted by atomic mass is 9.96. The van der Waals surface area contributed by atoms with Gasteiger partial charge in [-0.3, -0.25) is 23.9 Å². The molecule has 2 aliphatic heterocycles. The van der Waals surface area contributed by atoms with Crippen molar-refractivity contribution in [2.75, 3.05) is 29.9 Å². The molecule has 1 N–H and O–H groups in total. The maximum atomic E-state index is 16.2. The van der Waals surface area contributed by atoms with Crippen molar-refractivity contribution < 1.29 is 23.5 Å². The van der Waals surface area contributed by atoms with Gasteiger partial charge in [-0.05, 0) is 62.1 Å². The van der Waals surface area contributed by atoms with Crippen molar-refractivity contribution in [1.82, 2.24) is 19.4 Å². The van der Waals surface area contributed by atoms with Gasteiger partial charge in [0, 0.05) is 37.1 Å². The molecule has 0 bridgehead atoms. The van der Waals surface area contributed by atoms with E-state index in [2.05, 4.69) is 16.5 Å². The first-order valence-electron chi connectivity index (χ1n) is 15.3. The molecule has 1 saturated carbocycles. The van der Waals surface area contributed by atoms with Crippen molar-refractivity contribution in [2.24, 2.45) is 0 Å². The van der Waals surface area contributed by atoms with Crippen molar-refractivity contribution in [2.45, 2.75) is 51.1 Å². The summed E-state index contributed by atoms with van der Waals surface area (Å²) in [6.45, 7) is 7.60. The average Bonchev–Trinajstić information content (AvgIpc) is 3.89. The molecule has 7 rings (SSSR count). The summed E-state index contributed by atoms with van der Waals surface area (Å²) in [5.74, 6) is -2.91. The molecule has 2 fully saturated rings. The third-order valence-corrected chi connectivity index (χ3v) is 9.38. The summed E-state index contributed by atoms with van der Waals surface area (Å²) in [5.41, 5.74) is 0.767. The lowest BCUT2D eigenvalue weighted by Gasteiger charge is -2.50. The van der Waals surface area contributed by atoms with Crippen molar-refractivity contribution >= 4 is 34.2 Å². The first-order chi connectivity index (χ1) is 22.1. The fourth-order valence-corrected chi connectivity index (χ4v) is 6.91. The summed E-state index contributed by atoms with van der Waals surface area (Å²) >= 11 is 0. The summed E-state index contributed by atoms with van der Waals surface area (Å²) in [7, 11) is 1.50. The third-order valence-electron chi connectivity index (χ3n) is 9.38. The lowest BCUT2D eigenvalue weighted by Crippen LogP contribution is -2.66. The molecular formula is C34H32F2N6O4. The number of aryl methyl sites for hydroxylation is 1. The molecule has 3 aromatic heterocycles. The molecular weight excluding hydrogens is 594 g/mol. The maximum Gasteiger partial charge on any atom is 0.283 e. The molecule has 4 aromatic rings. The van der Waals surface area contributed by atoms with Crippen LogP contribution in [-0.4, -0.2) is 68.6 Å². The number of piperazine rings is 1. The third kappa shape index (κ3) is 4.30. The number of benzene rings is 1. The van der Waals surface area contributed by atoms with Crippen molar-refractivity contribution in [3.8, 4) is 22.7 Å². The zero-order valence-corrected chi connectivity index (χ0v) is 25.6. The van der Waals surface area contributed by atoms with E-state index in [9.17, 15) is 19.5 Å². The van der Waals surface area contributed by atoms with Crippen LogP contribution in [0.3, 0.4) is 0 Å². The minimum absolute atomic E-state index is 0.0277. The average molecular weight is 627 g/mol. The van der Waals surface area contributed by atoms with Crippen LogP contribution in [0.5, 0.6) is 5.75 Å². The lowest BCUT2D eigenvalue weighted by molar-refractivity contribution is -0.131. The Morgan fingerprint density at radius 3 is 2.54 bits per heavy atom. The highest BCUT2D eigenvalue weighted by molar-refractivity contribution is 6.12. The van der Waals surface area contributed by atoms with E-state index < -0.39 is 46.1 Å². The standard InChI is InChI=1S/C34H32F2N6O4/c1-5-19-15-41-23(16-40(19)25(44)6-2)33(45)39(4)31-30(41)20-14-22(36)28(26-21(35)8-7-9-24(26)43)38-32(20)42(34(31)46)29-17(3)12-13-37-27(29)18-10-11-18/h6-9,12-14,18-19,23,43H,2,5,10-11,15-16H2,1,3-4H3/t19-,23-/m1/s1. The minimum atomic E-state index is -0.922. The number of fused-ring (bicyclic) bond motifs is 5. The first kappa shape index (κ1) is 29.6. The number of pyridine rings is 3. The van der Waals surface area contributed by atoms with Crippen LogP contribution >= 0.6 is 0 Å². The number of likely N-dealkylation sites (N-methyl/N-ethyl adjacent to an activating group) is 1. The second-order valence-electron chi connectivity index (χ2n) is 12.1. The second kappa shape index (κ2) is 10.7. The Morgan fingerprint density at radius 1 is 1.11 bits per heavy atom. The van der Waals surface area contributed by atoms with Crippen LogP contribution in [0.1, 0.15) is 43.4 Å². The Balaban J connectivity index is 1.59. The number of hydrogen-bond donors (Lipinski definition) is 1. The smallest absolute Gasteiger partial charge is 0.283 e. The molecule has 0 spiro atoms. The highest BCUT2D eigenvalue weighted by Crippen LogP contribution is 2.46. The Morgan fingerprint density at radius 2 is 1.87 bits per heavy atom. The number of amides is 2. The summed E-state index contributed by atoms with van der Waals surface area (Å²) in [6.07, 6.45) is 5.20. The predicted octanol–water partition coefficient (Wildman–Crippen LogP) is 4.58. The Bertz CT molecular complexity index is 2020. The van der Waals surface area contributed by atoms with E-state index in [1.807, 2.05) is 13.8 Å². The Kier molecular flexibility index (Phi) is 6.91. The van der Waals surface area contributed by atoms with Crippen LogP contribution in [0.2, 0.25) is 0 Å². The van der Waals surface area contributed by atoms with Crippen molar-refractivity contribution in [1.29, 1.82) is 0 Å². The van der Waals surface area contributed by atoms with E-state index >= 15 is 8.78 Å². The zero-order chi connectivity index (χ0) is 32.6. The summed E-state index contributed by atoms with van der Waals surface area (Å²) < 4.78 is 32.7. The number of carbonyl (C=O) groups excluding carboxylic acids is 2. The van der Waals surface area contributed by atoms with Gasteiger partial charge in [-0.15, -0.1) is 0 Å². The zero-order valence-electron chi connectivity index (χ0n) is 25.6. The van der Waals surface area contributed by atoms with Gasteiger partial charge in [0.1, 0.15) is 29.0 Å². The summed E-state index contributed by atoms with van der Waals surface area (Å²) in [4.78, 5) is 55.4. The monoisotopic (exact) mass is 626 g/mol. The number of rotatable bonds is 5. The van der Waals surface area contributed by atoms with Crippen LogP contribution in [-0.2, 0) is 9.59 Å². The molecule has 2 atom stereocenters. The van der Waals surface area contributed by atoms with Gasteiger partial charge in [-0.1, -0.05) is 19.6 Å². The van der Waals surface area contributed by atoms with E-state index in [0.717, 1.165) is 18.9 Å². The number of hydrogen-bond acceptors (Lipinski definition) is 7. The SMILES string of the molecule is C=CC(=O)N1C[C@@H]2C(=O)N(C)c3c(c4cc(F)c(-c5c(O)cccc5F)nc4n(-c4c(C)ccnc4C4CC4)c3=O)N2C[C@H]1CC. The number of aromatic nitrogens is 3. The highest BCUT2D eigenvalue weighted by atomic mass is 19.1. The van der Waals surface area contributed by atoms with E-state index in [4.69, 9.17) is 0 Å². The number of phenolic OH excluding ortho intramolecular Hbond substituents is 1. The number of halogens is 2. The summed E-state index contributed by atoms with van der Waals surface area (Å²) in [5, 5.41) is 10.8. The molecule has 0 radical (unpaired) electrons. The fraction of sp³-hybridized carbons (Fsp3) is 0.324. The van der Waals surface area contributed by atoms with E-state index in [-0.39, 0.29) is 47.7 Å². The van der Waals surface area contributed by atoms with E-state index in [1.54, 1.807) is 22.1 Å². The van der Waals surface area contributed by atoms with Gasteiger partial charge in [0.2, 0.25) is 5.91 Å². The van der Waals surface area contributed by atoms with Gasteiger partial charge in [0.15, 0.2) is 11.5 Å². The number of anilines is 2. The molecule has 5 heterocycles. The molecule has 2 amide bonds. The topological polar surface area (TPSA) is 112 Å². The van der Waals surface area contributed by atoms with Gasteiger partial charge in [-0.2, -0.15) is 0 Å². The van der Waals surface area contributed by atoms with Crippen LogP contribution in [0.25, 0.3) is 28.0 Å². The molecule has 0 unspecified atom stereocenters. The molecule has 1 saturated heterocycles. The molecule has 1 aromatic carbocycles. The predicted molar refractivity (Wildman–Crippen MR) is 169 cm³/mol. The first-order valence-corrected chi connectivity index (χ1v) is 15.3. The number of carbonyl (C=O) groups is 2. The quantitative estimate of drug-likeness (QED) is 0.323. The Labute approximate surface area is 263 Å². The van der Waals surface area contributed by atoms with E-state index in [1.165, 1.54) is 40.8 Å². The second-order valence-corrected chi connectivity index (χ2v) is 12.1. The van der Waals surface area contributed by atoms with Crippen LogP contribution < -0.4 is 15.4 Å². The molecule has 12 heteroatoms. The highest BCUT2D eigenvalue weighted by Gasteiger charge is 2.47. The van der Waals surface area contributed by atoms with Gasteiger partial charge < -0.3 is 19.8 Å².